The van der Waals surface area contributed by atoms with Gasteiger partial charge in [0.2, 0.25) is 0 Å². The zero-order valence-electron chi connectivity index (χ0n) is 30.3. The third-order valence-electron chi connectivity index (χ3n) is 10.5. The summed E-state index contributed by atoms with van der Waals surface area (Å²) in [5.74, 6) is 1.93. The van der Waals surface area contributed by atoms with E-state index in [-0.39, 0.29) is 0 Å². The van der Waals surface area contributed by atoms with Gasteiger partial charge in [-0.1, -0.05) is 128 Å². The smallest absolute Gasteiger partial charge is 0.164 e. The first-order valence-corrected chi connectivity index (χ1v) is 18.5. The molecule has 0 aliphatic rings. The highest BCUT2D eigenvalue weighted by Crippen LogP contribution is 2.38. The third-order valence-corrected chi connectivity index (χ3v) is 10.5. The van der Waals surface area contributed by atoms with Crippen LogP contribution in [0.1, 0.15) is 11.3 Å². The second-order valence-electron chi connectivity index (χ2n) is 13.8. The number of nitrogens with zero attached hydrogens (tertiary/aromatic N) is 5. The van der Waals surface area contributed by atoms with Gasteiger partial charge in [-0.25, -0.2) is 15.0 Å². The fraction of sp³-hybridized carbons (Fsp3) is 0.0200. The van der Waals surface area contributed by atoms with Gasteiger partial charge in [-0.3, -0.25) is 0 Å². The molecular formula is C50H35N5. The number of allylic oxidation sites excluding steroid dienone is 2. The third kappa shape index (κ3) is 5.53. The monoisotopic (exact) mass is 705 g/mol. The van der Waals surface area contributed by atoms with Crippen molar-refractivity contribution < 1.29 is 0 Å². The van der Waals surface area contributed by atoms with E-state index in [9.17, 15) is 0 Å². The number of benzene rings is 7. The summed E-state index contributed by atoms with van der Waals surface area (Å²) in [4.78, 5) is 14.8. The van der Waals surface area contributed by atoms with Crippen molar-refractivity contribution >= 4 is 49.6 Å². The molecule has 0 radical (unpaired) electrons. The molecule has 0 N–H and O–H groups in total. The molecule has 3 aromatic heterocycles. The van der Waals surface area contributed by atoms with Crippen molar-refractivity contribution in [2.45, 2.75) is 6.92 Å². The van der Waals surface area contributed by atoms with E-state index >= 15 is 0 Å². The molecule has 0 fully saturated rings. The lowest BCUT2D eigenvalue weighted by Gasteiger charge is -2.12. The maximum Gasteiger partial charge on any atom is 0.164 e. The second kappa shape index (κ2) is 13.2. The largest absolute Gasteiger partial charge is 0.313 e. The van der Waals surface area contributed by atoms with E-state index in [4.69, 9.17) is 15.0 Å². The molecule has 5 heteroatoms. The predicted octanol–water partition coefficient (Wildman–Crippen LogP) is 12.6. The molecule has 0 unspecified atom stereocenters. The number of hydrogen-bond acceptors (Lipinski definition) is 3. The van der Waals surface area contributed by atoms with Gasteiger partial charge in [0.25, 0.3) is 0 Å². The Morgan fingerprint density at radius 2 is 0.982 bits per heavy atom. The van der Waals surface area contributed by atoms with Crippen LogP contribution in [0.3, 0.4) is 0 Å². The van der Waals surface area contributed by atoms with Crippen LogP contribution in [0.25, 0.3) is 95.1 Å². The van der Waals surface area contributed by atoms with E-state index in [1.54, 1.807) is 0 Å². The van der Waals surface area contributed by atoms with Gasteiger partial charge < -0.3 is 9.13 Å². The first kappa shape index (κ1) is 32.3. The Bertz CT molecular complexity index is 3040. The Balaban J connectivity index is 1.14. The van der Waals surface area contributed by atoms with E-state index in [1.807, 2.05) is 72.8 Å². The molecule has 260 valence electrons. The normalized spacial score (nSPS) is 11.7. The van der Waals surface area contributed by atoms with Gasteiger partial charge >= 0.3 is 0 Å². The van der Waals surface area contributed by atoms with E-state index in [2.05, 4.69) is 132 Å². The summed E-state index contributed by atoms with van der Waals surface area (Å²) in [6.45, 7) is 6.11. The standard InChI is InChI=1S/C50H35N5/c1-3-4-21-41-33(2)54(45-23-14-13-22-42(41)45)40-28-29-46-44(32-40)43-30-37-19-11-12-20-38(37)31-47(43)55(46)39-26-24-36(25-27-39)50-52-48(34-15-7-5-8-16-34)51-49(53-50)35-17-9-6-10-18-35/h3-32H,1H2,2H3/b21-4-. The maximum absolute atomic E-state index is 4.97. The van der Waals surface area contributed by atoms with E-state index < -0.39 is 0 Å². The molecule has 0 bridgehead atoms. The van der Waals surface area contributed by atoms with Gasteiger partial charge in [0, 0.05) is 55.5 Å². The first-order chi connectivity index (χ1) is 27.1. The molecule has 0 atom stereocenters. The highest BCUT2D eigenvalue weighted by atomic mass is 15.0. The van der Waals surface area contributed by atoms with Crippen LogP contribution in [0.5, 0.6) is 0 Å². The SMILES string of the molecule is C=C/C=C\c1c(C)n(-c2ccc3c(c2)c2cc4ccccc4cc2n3-c2ccc(-c3nc(-c4ccccc4)nc(-c4ccccc4)n3)cc2)c2ccccc12. The average molecular weight is 706 g/mol. The van der Waals surface area contributed by atoms with Crippen LogP contribution in [0, 0.1) is 6.92 Å². The molecular weight excluding hydrogens is 671 g/mol. The lowest BCUT2D eigenvalue weighted by Crippen LogP contribution is -2.00. The Morgan fingerprint density at radius 3 is 1.64 bits per heavy atom. The minimum Gasteiger partial charge on any atom is -0.313 e. The fourth-order valence-electron chi connectivity index (χ4n) is 7.91. The van der Waals surface area contributed by atoms with Crippen LogP contribution >= 0.6 is 0 Å². The molecule has 10 rings (SSSR count). The van der Waals surface area contributed by atoms with Crippen molar-refractivity contribution in [3.05, 3.63) is 194 Å². The molecule has 0 saturated heterocycles. The minimum atomic E-state index is 0.633. The van der Waals surface area contributed by atoms with E-state index in [0.717, 1.165) is 39.1 Å². The van der Waals surface area contributed by atoms with Crippen molar-refractivity contribution in [1.29, 1.82) is 0 Å². The summed E-state index contributed by atoms with van der Waals surface area (Å²) in [5.41, 5.74) is 10.9. The second-order valence-corrected chi connectivity index (χ2v) is 13.8. The van der Waals surface area contributed by atoms with Crippen LogP contribution in [0.4, 0.5) is 0 Å². The summed E-state index contributed by atoms with van der Waals surface area (Å²) in [7, 11) is 0. The zero-order valence-corrected chi connectivity index (χ0v) is 30.3. The number of hydrogen-bond donors (Lipinski definition) is 0. The lowest BCUT2D eigenvalue weighted by atomic mass is 10.1. The first-order valence-electron chi connectivity index (χ1n) is 18.5. The number of para-hydroxylation sites is 1. The van der Waals surface area contributed by atoms with E-state index in [0.29, 0.717) is 17.5 Å². The van der Waals surface area contributed by atoms with E-state index in [1.165, 1.54) is 43.7 Å². The molecule has 7 aromatic carbocycles. The maximum atomic E-state index is 4.97. The van der Waals surface area contributed by atoms with Crippen LogP contribution in [-0.2, 0) is 0 Å². The average Bonchev–Trinajstić information content (AvgIpc) is 3.72. The molecule has 55 heavy (non-hydrogen) atoms. The molecule has 0 amide bonds. The number of fused-ring (bicyclic) bond motifs is 5. The van der Waals surface area contributed by atoms with Gasteiger partial charge in [-0.15, -0.1) is 0 Å². The summed E-state index contributed by atoms with van der Waals surface area (Å²) < 4.78 is 4.75. The minimum absolute atomic E-state index is 0.633. The van der Waals surface area contributed by atoms with Crippen molar-refractivity contribution in [3.8, 4) is 45.5 Å². The van der Waals surface area contributed by atoms with Gasteiger partial charge in [0.1, 0.15) is 0 Å². The summed E-state index contributed by atoms with van der Waals surface area (Å²) in [6, 6.07) is 57.5. The lowest BCUT2D eigenvalue weighted by molar-refractivity contribution is 1.05. The predicted molar refractivity (Wildman–Crippen MR) is 229 cm³/mol. The Hall–Kier alpha value is -7.37. The molecule has 0 spiro atoms. The highest BCUT2D eigenvalue weighted by molar-refractivity contribution is 6.14. The molecule has 3 heterocycles. The van der Waals surface area contributed by atoms with Crippen molar-refractivity contribution in [2.75, 3.05) is 0 Å². The van der Waals surface area contributed by atoms with Gasteiger partial charge in [-0.2, -0.15) is 0 Å². The van der Waals surface area contributed by atoms with Crippen molar-refractivity contribution in [2.24, 2.45) is 0 Å². The van der Waals surface area contributed by atoms with Crippen LogP contribution in [0.2, 0.25) is 0 Å². The number of rotatable bonds is 7. The quantitative estimate of drug-likeness (QED) is 0.155. The molecule has 0 saturated carbocycles. The van der Waals surface area contributed by atoms with Crippen LogP contribution in [0.15, 0.2) is 183 Å². The zero-order chi connectivity index (χ0) is 36.9. The molecule has 10 aromatic rings. The van der Waals surface area contributed by atoms with Crippen LogP contribution in [-0.4, -0.2) is 24.1 Å². The molecule has 0 aliphatic carbocycles. The fourth-order valence-corrected chi connectivity index (χ4v) is 7.91. The van der Waals surface area contributed by atoms with Crippen molar-refractivity contribution in [3.63, 3.8) is 0 Å². The van der Waals surface area contributed by atoms with Gasteiger partial charge in [-0.05, 0) is 78.4 Å². The summed E-state index contributed by atoms with van der Waals surface area (Å²) in [5, 5.41) is 6.04. The topological polar surface area (TPSA) is 48.5 Å². The Labute approximate surface area is 318 Å². The Kier molecular flexibility index (Phi) is 7.77. The molecule has 0 aliphatic heterocycles. The number of aromatic nitrogens is 5. The van der Waals surface area contributed by atoms with Crippen molar-refractivity contribution in [1.82, 2.24) is 24.1 Å². The van der Waals surface area contributed by atoms with Crippen LogP contribution < -0.4 is 0 Å². The summed E-state index contributed by atoms with van der Waals surface area (Å²) >= 11 is 0. The molecule has 5 nitrogen and oxygen atoms in total. The van der Waals surface area contributed by atoms with Gasteiger partial charge in [0.15, 0.2) is 17.5 Å². The van der Waals surface area contributed by atoms with Gasteiger partial charge in [0.05, 0.1) is 16.6 Å². The highest BCUT2D eigenvalue weighted by Gasteiger charge is 2.19. The summed E-state index contributed by atoms with van der Waals surface area (Å²) in [6.07, 6.45) is 6.00. The Morgan fingerprint density at radius 1 is 0.455 bits per heavy atom.